The molecule has 0 radical (unpaired) electrons. The van der Waals surface area contributed by atoms with E-state index in [-0.39, 0.29) is 13.0 Å². The summed E-state index contributed by atoms with van der Waals surface area (Å²) in [5.74, 6) is -1.90. The van der Waals surface area contributed by atoms with E-state index < -0.39 is 41.6 Å². The molecule has 2 aromatic carbocycles. The number of carbonyl (C=O) groups is 4. The van der Waals surface area contributed by atoms with Crippen molar-refractivity contribution in [1.29, 1.82) is 0 Å². The topological polar surface area (TPSA) is 111 Å². The Labute approximate surface area is 217 Å². The lowest BCUT2D eigenvalue weighted by Crippen LogP contribution is -2.62. The first kappa shape index (κ1) is 27.7. The molecule has 0 aliphatic carbocycles. The lowest BCUT2D eigenvalue weighted by molar-refractivity contribution is -0.157. The average Bonchev–Trinajstić information content (AvgIpc) is 3.30. The Kier molecular flexibility index (Phi) is 9.27. The highest BCUT2D eigenvalue weighted by molar-refractivity contribution is 5.94. The van der Waals surface area contributed by atoms with Crippen molar-refractivity contribution in [1.82, 2.24) is 10.2 Å². The number of carbonyl (C=O) groups excluding carboxylic acids is 4. The van der Waals surface area contributed by atoms with Crippen LogP contribution in [0.25, 0.3) is 0 Å². The number of ether oxygens (including phenoxy) is 3. The molecule has 1 aliphatic heterocycles. The van der Waals surface area contributed by atoms with Gasteiger partial charge < -0.3 is 19.5 Å². The molecule has 3 atom stereocenters. The molecule has 198 valence electrons. The van der Waals surface area contributed by atoms with Gasteiger partial charge in [0.05, 0.1) is 7.11 Å². The van der Waals surface area contributed by atoms with E-state index in [1.165, 1.54) is 25.9 Å². The fourth-order valence-corrected chi connectivity index (χ4v) is 4.70. The molecule has 9 nitrogen and oxygen atoms in total. The number of rotatable bonds is 9. The highest BCUT2D eigenvalue weighted by Gasteiger charge is 2.51. The molecular formula is C28H34N2O7. The van der Waals surface area contributed by atoms with Crippen molar-refractivity contribution in [2.45, 2.75) is 64.3 Å². The third-order valence-corrected chi connectivity index (χ3v) is 6.48. The second-order valence-corrected chi connectivity index (χ2v) is 9.28. The van der Waals surface area contributed by atoms with Gasteiger partial charge in [-0.25, -0.2) is 9.59 Å². The number of amides is 2. The monoisotopic (exact) mass is 510 g/mol. The molecule has 3 rings (SSSR count). The normalized spacial score (nSPS) is 18.4. The molecule has 1 heterocycles. The Morgan fingerprint density at radius 1 is 1.05 bits per heavy atom. The average molecular weight is 511 g/mol. The zero-order valence-electron chi connectivity index (χ0n) is 21.7. The van der Waals surface area contributed by atoms with E-state index in [4.69, 9.17) is 14.2 Å². The molecule has 37 heavy (non-hydrogen) atoms. The van der Waals surface area contributed by atoms with Crippen LogP contribution in [0.2, 0.25) is 0 Å². The lowest BCUT2D eigenvalue weighted by atomic mass is 9.86. The van der Waals surface area contributed by atoms with Gasteiger partial charge in [-0.1, -0.05) is 60.2 Å². The van der Waals surface area contributed by atoms with Crippen molar-refractivity contribution >= 4 is 23.9 Å². The van der Waals surface area contributed by atoms with E-state index in [0.29, 0.717) is 19.4 Å². The summed E-state index contributed by atoms with van der Waals surface area (Å²) in [7, 11) is 1.19. The van der Waals surface area contributed by atoms with Gasteiger partial charge in [0.15, 0.2) is 6.04 Å². The van der Waals surface area contributed by atoms with E-state index >= 15 is 0 Å². The van der Waals surface area contributed by atoms with Crippen molar-refractivity contribution in [3.05, 3.63) is 71.3 Å². The van der Waals surface area contributed by atoms with Crippen LogP contribution in [-0.4, -0.2) is 60.2 Å². The molecule has 1 aliphatic rings. The van der Waals surface area contributed by atoms with Crippen molar-refractivity contribution in [3.8, 4) is 0 Å². The number of esters is 2. The van der Waals surface area contributed by atoms with Crippen LogP contribution in [0.4, 0.5) is 4.79 Å². The van der Waals surface area contributed by atoms with Gasteiger partial charge in [0.2, 0.25) is 5.91 Å². The summed E-state index contributed by atoms with van der Waals surface area (Å²) in [5.41, 5.74) is 1.38. The highest BCUT2D eigenvalue weighted by atomic mass is 16.6. The Bertz CT molecular complexity index is 1120. The predicted octanol–water partition coefficient (Wildman–Crippen LogP) is 3.32. The second kappa shape index (κ2) is 12.4. The smallest absolute Gasteiger partial charge is 0.411 e. The zero-order chi connectivity index (χ0) is 27.0. The molecule has 9 heteroatoms. The third-order valence-electron chi connectivity index (χ3n) is 6.48. The summed E-state index contributed by atoms with van der Waals surface area (Å²) >= 11 is 0. The van der Waals surface area contributed by atoms with Crippen LogP contribution in [0, 0.1) is 6.92 Å². The van der Waals surface area contributed by atoms with Gasteiger partial charge in [-0.2, -0.15) is 0 Å². The maximum Gasteiger partial charge on any atom is 0.411 e. The summed E-state index contributed by atoms with van der Waals surface area (Å²) in [6, 6.07) is 15.7. The Morgan fingerprint density at radius 2 is 1.76 bits per heavy atom. The van der Waals surface area contributed by atoms with Gasteiger partial charge in [-0.05, 0) is 37.8 Å². The van der Waals surface area contributed by atoms with E-state index in [2.05, 4.69) is 5.32 Å². The first-order valence-corrected chi connectivity index (χ1v) is 12.3. The summed E-state index contributed by atoms with van der Waals surface area (Å²) < 4.78 is 15.6. The van der Waals surface area contributed by atoms with Gasteiger partial charge in [-0.3, -0.25) is 14.5 Å². The number of hydrogen-bond acceptors (Lipinski definition) is 7. The second-order valence-electron chi connectivity index (χ2n) is 9.28. The number of likely N-dealkylation sites (tertiary alicyclic amines) is 1. The molecule has 1 fully saturated rings. The molecule has 2 amide bonds. The van der Waals surface area contributed by atoms with Crippen LogP contribution in [0.5, 0.6) is 0 Å². The quantitative estimate of drug-likeness (QED) is 0.407. The summed E-state index contributed by atoms with van der Waals surface area (Å²) in [4.78, 5) is 52.8. The van der Waals surface area contributed by atoms with Gasteiger partial charge in [-0.15, -0.1) is 0 Å². The number of methoxy groups -OCH3 is 1. The minimum atomic E-state index is -1.32. The molecule has 0 bridgehead atoms. The zero-order valence-corrected chi connectivity index (χ0v) is 21.7. The number of nitrogens with zero attached hydrogens (tertiary/aromatic N) is 1. The van der Waals surface area contributed by atoms with Crippen LogP contribution < -0.4 is 5.32 Å². The van der Waals surface area contributed by atoms with E-state index in [9.17, 15) is 19.2 Å². The van der Waals surface area contributed by atoms with E-state index in [1.54, 1.807) is 0 Å². The molecule has 0 aromatic heterocycles. The van der Waals surface area contributed by atoms with Gasteiger partial charge in [0.25, 0.3) is 0 Å². The minimum absolute atomic E-state index is 0.0621. The first-order chi connectivity index (χ1) is 17.7. The largest absolute Gasteiger partial charge is 0.467 e. The van der Waals surface area contributed by atoms with E-state index in [0.717, 1.165) is 16.7 Å². The van der Waals surface area contributed by atoms with Crippen molar-refractivity contribution in [2.24, 2.45) is 0 Å². The summed E-state index contributed by atoms with van der Waals surface area (Å²) in [6.45, 7) is 5.04. The van der Waals surface area contributed by atoms with Crippen LogP contribution in [-0.2, 0) is 41.6 Å². The van der Waals surface area contributed by atoms with Crippen LogP contribution >= 0.6 is 0 Å². The molecule has 1 saturated heterocycles. The molecule has 0 spiro atoms. The fraction of sp³-hybridized carbons (Fsp3) is 0.429. The molecule has 2 aromatic rings. The number of nitrogens with one attached hydrogen (secondary N) is 1. The molecular weight excluding hydrogens is 476 g/mol. The summed E-state index contributed by atoms with van der Waals surface area (Å²) in [6.07, 6.45) is -0.446. The molecule has 1 N–H and O–H groups in total. The molecule has 3 unspecified atom stereocenters. The first-order valence-electron chi connectivity index (χ1n) is 12.3. The van der Waals surface area contributed by atoms with Gasteiger partial charge in [0, 0.05) is 19.9 Å². The van der Waals surface area contributed by atoms with Crippen molar-refractivity contribution in [2.75, 3.05) is 13.7 Å². The van der Waals surface area contributed by atoms with Crippen LogP contribution in [0.3, 0.4) is 0 Å². The Hall–Kier alpha value is -3.88. The summed E-state index contributed by atoms with van der Waals surface area (Å²) in [5, 5.41) is 2.71. The standard InChI is InChI=1S/C28H34N2O7/c1-19-10-8-13-23(16-19)17-28(26(33)29-24(25(32)35-4)20(2)37-21(3)31)14-9-15-30(28)27(34)36-18-22-11-6-5-7-12-22/h5-8,10-13,16,20,24H,9,14-15,17-18H2,1-4H3,(H,29,33). The van der Waals surface area contributed by atoms with Gasteiger partial charge in [0.1, 0.15) is 18.2 Å². The van der Waals surface area contributed by atoms with Crippen molar-refractivity contribution < 1.29 is 33.4 Å². The van der Waals surface area contributed by atoms with Crippen LogP contribution in [0.15, 0.2) is 54.6 Å². The minimum Gasteiger partial charge on any atom is -0.467 e. The van der Waals surface area contributed by atoms with Crippen LogP contribution in [0.1, 0.15) is 43.4 Å². The maximum absolute atomic E-state index is 14.0. The van der Waals surface area contributed by atoms with E-state index in [1.807, 2.05) is 61.5 Å². The molecule has 0 saturated carbocycles. The number of aryl methyl sites for hydroxylation is 1. The fourth-order valence-electron chi connectivity index (χ4n) is 4.70. The third kappa shape index (κ3) is 6.87. The SMILES string of the molecule is COC(=O)C(NC(=O)C1(Cc2cccc(C)c2)CCCN1C(=O)OCc1ccccc1)C(C)OC(C)=O. The lowest BCUT2D eigenvalue weighted by Gasteiger charge is -2.38. The maximum atomic E-state index is 14.0. The number of hydrogen-bond donors (Lipinski definition) is 1. The number of benzene rings is 2. The Morgan fingerprint density at radius 3 is 2.41 bits per heavy atom. The highest BCUT2D eigenvalue weighted by Crippen LogP contribution is 2.34. The van der Waals surface area contributed by atoms with Crippen molar-refractivity contribution in [3.63, 3.8) is 0 Å². The van der Waals surface area contributed by atoms with Gasteiger partial charge >= 0.3 is 18.0 Å². The Balaban J connectivity index is 1.92. The predicted molar refractivity (Wildman–Crippen MR) is 135 cm³/mol.